The quantitative estimate of drug-likeness (QED) is 0.315. The number of anilines is 1. The number of nitrogens with zero attached hydrogens (tertiary/aromatic N) is 3. The summed E-state index contributed by atoms with van der Waals surface area (Å²) in [5.41, 5.74) is 4.34. The lowest BCUT2D eigenvalue weighted by molar-refractivity contribution is 0.289. The number of hydrogen-bond acceptors (Lipinski definition) is 6. The molecule has 6 nitrogen and oxygen atoms in total. The monoisotopic (exact) mass is 522 g/mol. The van der Waals surface area contributed by atoms with Gasteiger partial charge in [-0.05, 0) is 87.8 Å². The number of aromatic nitrogens is 1. The topological polar surface area (TPSA) is 49.9 Å². The summed E-state index contributed by atoms with van der Waals surface area (Å²) in [4.78, 5) is 10.2. The van der Waals surface area contributed by atoms with Gasteiger partial charge in [0, 0.05) is 50.3 Å². The standard InChI is InChI=1S/C28H36N4O2.2C2H6.H2/c1-29-12-16-34-23-7-5-22(6-8-23)26-18-28(25-10-9-24(33-2)17-27(25)30-26)32-15-11-21(20-32)19-31-13-3-4-14-31;2*1-2;/h5-10,17-18,21,29H,3-4,11-16,19-20H2,1-2H3;2*1-2H3;1H. The van der Waals surface area contributed by atoms with Gasteiger partial charge in [0.05, 0.1) is 18.3 Å². The molecule has 3 aromatic rings. The molecule has 1 unspecified atom stereocenters. The Labute approximate surface area is 231 Å². The Hall–Kier alpha value is -2.83. The van der Waals surface area contributed by atoms with E-state index < -0.39 is 0 Å². The van der Waals surface area contributed by atoms with Crippen LogP contribution < -0.4 is 19.7 Å². The molecule has 0 amide bonds. The van der Waals surface area contributed by atoms with Crippen molar-refractivity contribution in [3.05, 3.63) is 48.5 Å². The van der Waals surface area contributed by atoms with Crippen molar-refractivity contribution in [2.24, 2.45) is 5.92 Å². The van der Waals surface area contributed by atoms with Crippen molar-refractivity contribution in [2.75, 3.05) is 64.9 Å². The summed E-state index contributed by atoms with van der Waals surface area (Å²) in [6.45, 7) is 15.5. The molecule has 6 heteroatoms. The number of rotatable bonds is 9. The number of hydrogen-bond donors (Lipinski definition) is 1. The molecule has 3 heterocycles. The van der Waals surface area contributed by atoms with E-state index in [9.17, 15) is 0 Å². The number of benzene rings is 2. The van der Waals surface area contributed by atoms with E-state index in [1.165, 1.54) is 50.0 Å². The average Bonchev–Trinajstić information content (AvgIpc) is 3.67. The molecule has 0 spiro atoms. The highest BCUT2D eigenvalue weighted by Crippen LogP contribution is 2.36. The molecule has 1 aromatic heterocycles. The van der Waals surface area contributed by atoms with Crippen LogP contribution in [0.25, 0.3) is 22.2 Å². The van der Waals surface area contributed by atoms with Gasteiger partial charge in [-0.25, -0.2) is 4.98 Å². The third-order valence-electron chi connectivity index (χ3n) is 7.11. The number of ether oxygens (including phenoxy) is 2. The summed E-state index contributed by atoms with van der Waals surface area (Å²) < 4.78 is 11.3. The molecule has 1 N–H and O–H groups in total. The van der Waals surface area contributed by atoms with Gasteiger partial charge in [-0.2, -0.15) is 0 Å². The van der Waals surface area contributed by atoms with Crippen molar-refractivity contribution in [3.63, 3.8) is 0 Å². The molecule has 2 saturated heterocycles. The summed E-state index contributed by atoms with van der Waals surface area (Å²) in [5, 5.41) is 4.30. The fourth-order valence-corrected chi connectivity index (χ4v) is 5.25. The van der Waals surface area contributed by atoms with Crippen molar-refractivity contribution in [2.45, 2.75) is 47.0 Å². The number of likely N-dealkylation sites (tertiary alicyclic amines) is 1. The number of methoxy groups -OCH3 is 1. The van der Waals surface area contributed by atoms with Crippen LogP contribution in [0.15, 0.2) is 48.5 Å². The molecule has 0 saturated carbocycles. The van der Waals surface area contributed by atoms with Gasteiger partial charge in [0.15, 0.2) is 0 Å². The maximum absolute atomic E-state index is 5.80. The Morgan fingerprint density at radius 1 is 0.947 bits per heavy atom. The molecule has 38 heavy (non-hydrogen) atoms. The molecule has 0 bridgehead atoms. The van der Waals surface area contributed by atoms with Crippen LogP contribution in [0.4, 0.5) is 5.69 Å². The molecule has 2 aromatic carbocycles. The second kappa shape index (κ2) is 15.6. The second-order valence-corrected chi connectivity index (χ2v) is 9.49. The summed E-state index contributed by atoms with van der Waals surface area (Å²) in [7, 11) is 3.64. The molecule has 0 radical (unpaired) electrons. The van der Waals surface area contributed by atoms with E-state index in [4.69, 9.17) is 14.5 Å². The zero-order chi connectivity index (χ0) is 27.3. The lowest BCUT2D eigenvalue weighted by Crippen LogP contribution is -2.29. The highest BCUT2D eigenvalue weighted by molar-refractivity contribution is 5.95. The lowest BCUT2D eigenvalue weighted by Gasteiger charge is -2.23. The highest BCUT2D eigenvalue weighted by atomic mass is 16.5. The van der Waals surface area contributed by atoms with Crippen LogP contribution in [-0.4, -0.2) is 69.9 Å². The summed E-state index contributed by atoms with van der Waals surface area (Å²) in [6.07, 6.45) is 3.97. The molecule has 2 aliphatic heterocycles. The Bertz CT molecular complexity index is 1100. The van der Waals surface area contributed by atoms with E-state index in [1.54, 1.807) is 7.11 Å². The first-order chi connectivity index (χ1) is 18.7. The Morgan fingerprint density at radius 2 is 1.66 bits per heavy atom. The Morgan fingerprint density at radius 3 is 2.34 bits per heavy atom. The molecule has 2 aliphatic rings. The minimum absolute atomic E-state index is 0. The predicted octanol–water partition coefficient (Wildman–Crippen LogP) is 6.73. The van der Waals surface area contributed by atoms with Gasteiger partial charge in [0.25, 0.3) is 0 Å². The largest absolute Gasteiger partial charge is 0.497 e. The summed E-state index contributed by atoms with van der Waals surface area (Å²) in [5.74, 6) is 2.45. The van der Waals surface area contributed by atoms with Crippen molar-refractivity contribution in [1.29, 1.82) is 0 Å². The van der Waals surface area contributed by atoms with E-state index in [1.807, 2.05) is 52.9 Å². The molecule has 5 rings (SSSR count). The number of likely N-dealkylation sites (N-methyl/N-ethyl adjacent to an activating group) is 1. The van der Waals surface area contributed by atoms with Gasteiger partial charge >= 0.3 is 0 Å². The fraction of sp³-hybridized carbons (Fsp3) is 0.531. The maximum atomic E-state index is 5.80. The van der Waals surface area contributed by atoms with Crippen molar-refractivity contribution < 1.29 is 10.9 Å². The third kappa shape index (κ3) is 7.61. The van der Waals surface area contributed by atoms with Crippen LogP contribution in [0, 0.1) is 5.92 Å². The van der Waals surface area contributed by atoms with Gasteiger partial charge in [-0.1, -0.05) is 27.7 Å². The normalized spacial score (nSPS) is 17.0. The van der Waals surface area contributed by atoms with E-state index in [2.05, 4.69) is 45.4 Å². The zero-order valence-electron chi connectivity index (χ0n) is 24.4. The fourth-order valence-electron chi connectivity index (χ4n) is 5.25. The van der Waals surface area contributed by atoms with Gasteiger partial charge in [-0.3, -0.25) is 0 Å². The van der Waals surface area contributed by atoms with Crippen molar-refractivity contribution >= 4 is 16.6 Å². The predicted molar refractivity (Wildman–Crippen MR) is 164 cm³/mol. The molecular weight excluding hydrogens is 472 g/mol. The minimum atomic E-state index is 0. The number of fused-ring (bicyclic) bond motifs is 1. The minimum Gasteiger partial charge on any atom is -0.497 e. The van der Waals surface area contributed by atoms with E-state index >= 15 is 0 Å². The van der Waals surface area contributed by atoms with Gasteiger partial charge in [0.2, 0.25) is 0 Å². The van der Waals surface area contributed by atoms with Gasteiger partial charge in [-0.15, -0.1) is 0 Å². The van der Waals surface area contributed by atoms with Crippen LogP contribution in [0.2, 0.25) is 0 Å². The van der Waals surface area contributed by atoms with Crippen molar-refractivity contribution in [1.82, 2.24) is 15.2 Å². The van der Waals surface area contributed by atoms with E-state index in [-0.39, 0.29) is 1.43 Å². The number of nitrogens with one attached hydrogen (secondary N) is 1. The summed E-state index contributed by atoms with van der Waals surface area (Å²) in [6, 6.07) is 16.8. The maximum Gasteiger partial charge on any atom is 0.121 e. The van der Waals surface area contributed by atoms with Crippen LogP contribution in [-0.2, 0) is 0 Å². The number of pyridine rings is 1. The molecule has 0 aliphatic carbocycles. The first-order valence-electron chi connectivity index (χ1n) is 14.6. The van der Waals surface area contributed by atoms with Gasteiger partial charge < -0.3 is 24.6 Å². The molecule has 2 fully saturated rings. The lowest BCUT2D eigenvalue weighted by atomic mass is 10.1. The van der Waals surface area contributed by atoms with Crippen LogP contribution in [0.5, 0.6) is 11.5 Å². The average molecular weight is 523 g/mol. The smallest absolute Gasteiger partial charge is 0.121 e. The van der Waals surface area contributed by atoms with Crippen LogP contribution in [0.1, 0.15) is 48.4 Å². The van der Waals surface area contributed by atoms with Crippen molar-refractivity contribution in [3.8, 4) is 22.8 Å². The molecule has 1 atom stereocenters. The van der Waals surface area contributed by atoms with Gasteiger partial charge in [0.1, 0.15) is 18.1 Å². The molecule has 210 valence electrons. The first-order valence-corrected chi connectivity index (χ1v) is 14.6. The van der Waals surface area contributed by atoms with Crippen LogP contribution >= 0.6 is 0 Å². The summed E-state index contributed by atoms with van der Waals surface area (Å²) >= 11 is 0. The Balaban J connectivity index is 0.00000102. The first kappa shape index (κ1) is 29.7. The van der Waals surface area contributed by atoms with E-state index in [0.29, 0.717) is 6.61 Å². The van der Waals surface area contributed by atoms with E-state index in [0.717, 1.165) is 53.8 Å². The van der Waals surface area contributed by atoms with Crippen LogP contribution in [0.3, 0.4) is 0 Å². The zero-order valence-corrected chi connectivity index (χ0v) is 24.4. The SMILES string of the molecule is CC.CC.CNCCOc1ccc(-c2cc(N3CCC(CN4CCCC4)C3)c3ccc(OC)cc3n2)cc1.[HH]. The second-order valence-electron chi connectivity index (χ2n) is 9.49. The third-order valence-corrected chi connectivity index (χ3v) is 7.11. The highest BCUT2D eigenvalue weighted by Gasteiger charge is 2.27. The molecular formula is C32H50N4O2. The Kier molecular flexibility index (Phi) is 12.2.